The molecular formula is C6H9BrCl2. The quantitative estimate of drug-likeness (QED) is 0.562. The van der Waals surface area contributed by atoms with Gasteiger partial charge in [0.25, 0.3) is 0 Å². The van der Waals surface area contributed by atoms with E-state index in [-0.39, 0.29) is 5.38 Å². The number of hydrogen-bond donors (Lipinski definition) is 0. The second-order valence-electron chi connectivity index (χ2n) is 2.44. The Labute approximate surface area is 74.0 Å². The molecule has 0 nitrogen and oxygen atoms in total. The second kappa shape index (κ2) is 3.45. The minimum absolute atomic E-state index is 0.237. The molecule has 1 aliphatic rings. The van der Waals surface area contributed by atoms with Gasteiger partial charge in [0.1, 0.15) is 0 Å². The monoisotopic (exact) mass is 230 g/mol. The van der Waals surface area contributed by atoms with Gasteiger partial charge >= 0.3 is 0 Å². The zero-order valence-corrected chi connectivity index (χ0v) is 8.09. The molecule has 3 heteroatoms. The number of halogens is 3. The standard InChI is InChI=1S/C6H9BrCl2/c7-5-2-1-4(8)3-6(5)9/h4-6H,1-3H2. The minimum Gasteiger partial charge on any atom is -0.123 e. The molecule has 0 saturated heterocycles. The van der Waals surface area contributed by atoms with Gasteiger partial charge in [-0.1, -0.05) is 15.9 Å². The van der Waals surface area contributed by atoms with Gasteiger partial charge in [-0.15, -0.1) is 23.2 Å². The third-order valence-corrected chi connectivity index (χ3v) is 3.91. The summed E-state index contributed by atoms with van der Waals surface area (Å²) in [5.74, 6) is 0. The second-order valence-corrected chi connectivity index (χ2v) is 4.80. The van der Waals surface area contributed by atoms with Gasteiger partial charge in [0.2, 0.25) is 0 Å². The molecule has 1 saturated carbocycles. The fourth-order valence-electron chi connectivity index (χ4n) is 1.03. The Morgan fingerprint density at radius 3 is 2.33 bits per heavy atom. The van der Waals surface area contributed by atoms with Crippen LogP contribution in [-0.4, -0.2) is 15.6 Å². The summed E-state index contributed by atoms with van der Waals surface area (Å²) in [5, 5.41) is 0.544. The summed E-state index contributed by atoms with van der Waals surface area (Å²) in [6, 6.07) is 0. The molecule has 0 aromatic rings. The van der Waals surface area contributed by atoms with Crippen molar-refractivity contribution in [1.82, 2.24) is 0 Å². The lowest BCUT2D eigenvalue weighted by Crippen LogP contribution is -2.25. The normalized spacial score (nSPS) is 45.0. The average molecular weight is 232 g/mol. The van der Waals surface area contributed by atoms with E-state index < -0.39 is 0 Å². The van der Waals surface area contributed by atoms with Gasteiger partial charge in [-0.25, -0.2) is 0 Å². The Balaban J connectivity index is 2.35. The highest BCUT2D eigenvalue weighted by molar-refractivity contribution is 9.09. The third kappa shape index (κ3) is 2.28. The van der Waals surface area contributed by atoms with Gasteiger partial charge in [0.05, 0.1) is 0 Å². The first-order chi connectivity index (χ1) is 4.20. The Morgan fingerprint density at radius 2 is 1.89 bits per heavy atom. The van der Waals surface area contributed by atoms with Crippen LogP contribution < -0.4 is 0 Å². The molecule has 0 heterocycles. The van der Waals surface area contributed by atoms with Crippen molar-refractivity contribution in [2.75, 3.05) is 0 Å². The highest BCUT2D eigenvalue weighted by atomic mass is 79.9. The number of rotatable bonds is 0. The molecule has 9 heavy (non-hydrogen) atoms. The summed E-state index contributed by atoms with van der Waals surface area (Å²) in [4.78, 5) is 0.481. The summed E-state index contributed by atoms with van der Waals surface area (Å²) in [6.45, 7) is 0. The maximum Gasteiger partial charge on any atom is 0.0475 e. The third-order valence-electron chi connectivity index (χ3n) is 1.63. The molecule has 0 amide bonds. The van der Waals surface area contributed by atoms with Gasteiger partial charge in [-0.05, 0) is 19.3 Å². The van der Waals surface area contributed by atoms with Crippen LogP contribution >= 0.6 is 39.1 Å². The van der Waals surface area contributed by atoms with E-state index in [0.717, 1.165) is 19.3 Å². The van der Waals surface area contributed by atoms with E-state index in [1.54, 1.807) is 0 Å². The van der Waals surface area contributed by atoms with Gasteiger partial charge in [-0.3, -0.25) is 0 Å². The maximum atomic E-state index is 5.93. The first kappa shape index (κ1) is 8.16. The summed E-state index contributed by atoms with van der Waals surface area (Å²) < 4.78 is 0. The molecule has 0 aromatic heterocycles. The minimum atomic E-state index is 0.237. The zero-order valence-electron chi connectivity index (χ0n) is 4.99. The molecule has 3 atom stereocenters. The smallest absolute Gasteiger partial charge is 0.0475 e. The van der Waals surface area contributed by atoms with E-state index in [1.165, 1.54) is 0 Å². The molecule has 0 radical (unpaired) electrons. The molecule has 1 rings (SSSR count). The molecule has 54 valence electrons. The molecule has 1 aliphatic carbocycles. The fourth-order valence-corrected chi connectivity index (χ4v) is 2.26. The number of hydrogen-bond acceptors (Lipinski definition) is 0. The van der Waals surface area contributed by atoms with E-state index in [4.69, 9.17) is 23.2 Å². The molecule has 0 aliphatic heterocycles. The Hall–Kier alpha value is 1.06. The van der Waals surface area contributed by atoms with Crippen LogP contribution in [0.15, 0.2) is 0 Å². The number of alkyl halides is 3. The van der Waals surface area contributed by atoms with E-state index in [1.807, 2.05) is 0 Å². The van der Waals surface area contributed by atoms with E-state index in [2.05, 4.69) is 15.9 Å². The lowest BCUT2D eigenvalue weighted by molar-refractivity contribution is 0.535. The van der Waals surface area contributed by atoms with Crippen molar-refractivity contribution in [2.45, 2.75) is 34.8 Å². The average Bonchev–Trinajstić information content (AvgIpc) is 1.80. The zero-order chi connectivity index (χ0) is 6.85. The maximum absolute atomic E-state index is 5.93. The van der Waals surface area contributed by atoms with Crippen molar-refractivity contribution in [3.63, 3.8) is 0 Å². The molecule has 3 unspecified atom stereocenters. The summed E-state index contributed by atoms with van der Waals surface area (Å²) >= 11 is 15.3. The Bertz CT molecular complexity index is 97.1. The van der Waals surface area contributed by atoms with E-state index in [0.29, 0.717) is 10.2 Å². The lowest BCUT2D eigenvalue weighted by atomic mass is 10.00. The molecule has 1 fully saturated rings. The highest BCUT2D eigenvalue weighted by Crippen LogP contribution is 2.31. The first-order valence-corrected chi connectivity index (χ1v) is 4.91. The van der Waals surface area contributed by atoms with Crippen LogP contribution in [0.1, 0.15) is 19.3 Å². The van der Waals surface area contributed by atoms with Crippen LogP contribution in [0.2, 0.25) is 0 Å². The molecule has 0 bridgehead atoms. The van der Waals surface area contributed by atoms with E-state index >= 15 is 0 Å². The van der Waals surface area contributed by atoms with Crippen molar-refractivity contribution < 1.29 is 0 Å². The largest absolute Gasteiger partial charge is 0.123 e. The van der Waals surface area contributed by atoms with Gasteiger partial charge in [0.15, 0.2) is 0 Å². The predicted molar refractivity (Wildman–Crippen MR) is 45.8 cm³/mol. The molecular weight excluding hydrogens is 223 g/mol. The molecule has 0 N–H and O–H groups in total. The van der Waals surface area contributed by atoms with Crippen molar-refractivity contribution in [3.8, 4) is 0 Å². The van der Waals surface area contributed by atoms with Crippen molar-refractivity contribution in [3.05, 3.63) is 0 Å². The van der Waals surface area contributed by atoms with Crippen LogP contribution in [0.25, 0.3) is 0 Å². The first-order valence-electron chi connectivity index (χ1n) is 3.12. The van der Waals surface area contributed by atoms with Crippen molar-refractivity contribution >= 4 is 39.1 Å². The summed E-state index contributed by atoms with van der Waals surface area (Å²) in [7, 11) is 0. The SMILES string of the molecule is ClC1CCC(Br)C(Cl)C1. The Morgan fingerprint density at radius 1 is 1.22 bits per heavy atom. The van der Waals surface area contributed by atoms with Gasteiger partial charge in [-0.2, -0.15) is 0 Å². The summed E-state index contributed by atoms with van der Waals surface area (Å²) in [5.41, 5.74) is 0. The van der Waals surface area contributed by atoms with Crippen LogP contribution in [0.3, 0.4) is 0 Å². The van der Waals surface area contributed by atoms with Crippen LogP contribution in [0, 0.1) is 0 Å². The molecule has 0 aromatic carbocycles. The fraction of sp³-hybridized carbons (Fsp3) is 1.00. The topological polar surface area (TPSA) is 0 Å². The molecule has 0 spiro atoms. The van der Waals surface area contributed by atoms with Gasteiger partial charge in [0, 0.05) is 15.6 Å². The van der Waals surface area contributed by atoms with Crippen LogP contribution in [0.5, 0.6) is 0 Å². The Kier molecular flexibility index (Phi) is 3.13. The van der Waals surface area contributed by atoms with Crippen molar-refractivity contribution in [2.24, 2.45) is 0 Å². The van der Waals surface area contributed by atoms with Crippen molar-refractivity contribution in [1.29, 1.82) is 0 Å². The highest BCUT2D eigenvalue weighted by Gasteiger charge is 2.25. The van der Waals surface area contributed by atoms with Crippen LogP contribution in [0.4, 0.5) is 0 Å². The lowest BCUT2D eigenvalue weighted by Gasteiger charge is -2.25. The van der Waals surface area contributed by atoms with Gasteiger partial charge < -0.3 is 0 Å². The summed E-state index contributed by atoms with van der Waals surface area (Å²) in [6.07, 6.45) is 3.15. The van der Waals surface area contributed by atoms with Crippen LogP contribution in [-0.2, 0) is 0 Å². The van der Waals surface area contributed by atoms with E-state index in [9.17, 15) is 0 Å². The predicted octanol–water partition coefficient (Wildman–Crippen LogP) is 3.15.